The second kappa shape index (κ2) is 7.68. The van der Waals surface area contributed by atoms with Gasteiger partial charge in [0.25, 0.3) is 50.6 Å². The molecule has 0 unspecified atom stereocenters. The summed E-state index contributed by atoms with van der Waals surface area (Å²) in [7, 11) is -30.9. The zero-order valence-electron chi connectivity index (χ0n) is 14.3. The summed E-state index contributed by atoms with van der Waals surface area (Å²) in [5, 5.41) is 9.28. The number of carboxylic acids is 1. The van der Waals surface area contributed by atoms with Gasteiger partial charge < -0.3 is 5.11 Å². The monoisotopic (exact) mass is 550 g/mol. The van der Waals surface area contributed by atoms with E-state index >= 15 is 0 Å². The van der Waals surface area contributed by atoms with Gasteiger partial charge in [-0.3, -0.25) is 22.8 Å². The number of benzene rings is 1. The average Bonchev–Trinajstić information content (AvgIpc) is 2.41. The first kappa shape index (κ1) is 27.3. The third-order valence-corrected chi connectivity index (χ3v) is 9.56. The Hall–Kier alpha value is -1.76. The number of hydrogen-bond acceptors (Lipinski definition) is 11. The molecular formula is C9H10O17S5. The lowest BCUT2D eigenvalue weighted by Gasteiger charge is -2.22. The molecule has 6 N–H and O–H groups in total. The maximum atomic E-state index is 11.7. The van der Waals surface area contributed by atoms with E-state index in [1.54, 1.807) is 0 Å². The predicted octanol–water partition coefficient (Wildman–Crippen LogP) is -1.79. The van der Waals surface area contributed by atoms with Crippen LogP contribution in [0.25, 0.3) is 0 Å². The van der Waals surface area contributed by atoms with Gasteiger partial charge in [0.2, 0.25) is 4.58 Å². The first-order chi connectivity index (χ1) is 13.3. The minimum Gasteiger partial charge on any atom is -0.478 e. The lowest BCUT2D eigenvalue weighted by atomic mass is 10.0. The summed E-state index contributed by atoms with van der Waals surface area (Å²) in [6.07, 6.45) is 0. The van der Waals surface area contributed by atoms with Crippen LogP contribution < -0.4 is 0 Å². The maximum absolute atomic E-state index is 11.7. The van der Waals surface area contributed by atoms with Gasteiger partial charge in [-0.15, -0.1) is 0 Å². The summed E-state index contributed by atoms with van der Waals surface area (Å²) in [4.78, 5) is 4.27. The van der Waals surface area contributed by atoms with E-state index < -0.39 is 92.5 Å². The molecule has 0 aliphatic carbocycles. The van der Waals surface area contributed by atoms with Crippen molar-refractivity contribution in [3.63, 3.8) is 0 Å². The number of carbonyl (C=O) groups is 1. The van der Waals surface area contributed by atoms with Crippen LogP contribution in [0.4, 0.5) is 0 Å². The highest BCUT2D eigenvalue weighted by Crippen LogP contribution is 2.42. The van der Waals surface area contributed by atoms with Crippen LogP contribution in [0, 0.1) is 6.92 Å². The van der Waals surface area contributed by atoms with Gasteiger partial charge >= 0.3 is 5.97 Å². The van der Waals surface area contributed by atoms with Crippen molar-refractivity contribution in [3.8, 4) is 0 Å². The third-order valence-electron chi connectivity index (χ3n) is 3.42. The van der Waals surface area contributed by atoms with Gasteiger partial charge in [0.1, 0.15) is 14.7 Å². The highest BCUT2D eigenvalue weighted by Gasteiger charge is 2.48. The summed E-state index contributed by atoms with van der Waals surface area (Å²) in [5.41, 5.74) is -6.05. The van der Waals surface area contributed by atoms with Crippen molar-refractivity contribution in [3.05, 3.63) is 16.7 Å². The molecule has 0 aromatic heterocycles. The highest BCUT2D eigenvalue weighted by molar-refractivity contribution is 8.03. The van der Waals surface area contributed by atoms with Crippen molar-refractivity contribution in [2.24, 2.45) is 0 Å². The largest absolute Gasteiger partial charge is 0.478 e. The molecule has 17 nitrogen and oxygen atoms in total. The predicted molar refractivity (Wildman–Crippen MR) is 93.4 cm³/mol. The van der Waals surface area contributed by atoms with Gasteiger partial charge in [-0.05, 0) is 12.5 Å². The van der Waals surface area contributed by atoms with Crippen LogP contribution in [-0.4, -0.2) is 75.9 Å². The minimum atomic E-state index is -6.29. The number of rotatable bonds is 7. The van der Waals surface area contributed by atoms with Crippen LogP contribution in [0.5, 0.6) is 0 Å². The standard InChI is InChI=1S/C9H10O17S5/c1-2-3(9(30(21,22)23)31(24,25)26)4(8(10)11)6(28(15,16)17)7(29(18,19)20)5(2)27(12,13)14/h9H,1H3,(H,10,11)(H,12,13,14)(H,15,16,17)(H,18,19,20)(H,21,22,23)(H,24,25,26). The Morgan fingerprint density at radius 1 is 0.645 bits per heavy atom. The van der Waals surface area contributed by atoms with Crippen LogP contribution >= 0.6 is 0 Å². The number of aromatic carboxylic acids is 1. The minimum absolute atomic E-state index is 0.233. The molecule has 1 aromatic rings. The molecule has 178 valence electrons. The molecule has 0 saturated heterocycles. The lowest BCUT2D eigenvalue weighted by molar-refractivity contribution is 0.0690. The SMILES string of the molecule is Cc1c(C(S(=O)(=O)O)S(=O)(=O)O)c(C(=O)O)c(S(=O)(=O)O)c(S(=O)(=O)O)c1S(=O)(=O)O. The van der Waals surface area contributed by atoms with Crippen LogP contribution in [0.15, 0.2) is 14.7 Å². The maximum Gasteiger partial charge on any atom is 0.337 e. The number of hydrogen-bond donors (Lipinski definition) is 6. The molecule has 1 rings (SSSR count). The average molecular weight is 550 g/mol. The zero-order valence-corrected chi connectivity index (χ0v) is 18.4. The zero-order chi connectivity index (χ0) is 25.1. The fourth-order valence-electron chi connectivity index (χ4n) is 2.57. The van der Waals surface area contributed by atoms with E-state index in [1.807, 2.05) is 0 Å². The number of carboxylic acid groups (broad SMARTS) is 1. The summed E-state index contributed by atoms with van der Waals surface area (Å²) < 4.78 is 159. The van der Waals surface area contributed by atoms with Crippen molar-refractivity contribution < 1.29 is 74.8 Å². The Balaban J connectivity index is 5.00. The molecule has 0 fully saturated rings. The normalized spacial score (nSPS) is 14.0. The van der Waals surface area contributed by atoms with E-state index in [0.29, 0.717) is 0 Å². The van der Waals surface area contributed by atoms with Crippen LogP contribution in [0.2, 0.25) is 0 Å². The third kappa shape index (κ3) is 5.36. The fraction of sp³-hybridized carbons (Fsp3) is 0.222. The molecule has 31 heavy (non-hydrogen) atoms. The van der Waals surface area contributed by atoms with Gasteiger partial charge in [-0.25, -0.2) is 4.79 Å². The summed E-state index contributed by atoms with van der Waals surface area (Å²) >= 11 is 0. The molecule has 0 aliphatic rings. The van der Waals surface area contributed by atoms with Crippen molar-refractivity contribution in [2.45, 2.75) is 26.2 Å². The van der Waals surface area contributed by atoms with Gasteiger partial charge in [0.15, 0.2) is 0 Å². The second-order valence-electron chi connectivity index (χ2n) is 5.49. The molecule has 0 aliphatic heterocycles. The van der Waals surface area contributed by atoms with E-state index in [9.17, 15) is 65.6 Å². The Bertz CT molecular complexity index is 1470. The van der Waals surface area contributed by atoms with Crippen molar-refractivity contribution in [1.82, 2.24) is 0 Å². The van der Waals surface area contributed by atoms with Gasteiger partial charge in [-0.1, -0.05) is 0 Å². The van der Waals surface area contributed by atoms with Gasteiger partial charge in [0.05, 0.1) is 5.56 Å². The Kier molecular flexibility index (Phi) is 6.76. The van der Waals surface area contributed by atoms with E-state index in [4.69, 9.17) is 9.11 Å². The molecular weight excluding hydrogens is 540 g/mol. The lowest BCUT2D eigenvalue weighted by Crippen LogP contribution is -2.29. The van der Waals surface area contributed by atoms with Crippen molar-refractivity contribution >= 4 is 56.6 Å². The topological polar surface area (TPSA) is 309 Å². The molecule has 0 spiro atoms. The highest BCUT2D eigenvalue weighted by atomic mass is 32.3. The van der Waals surface area contributed by atoms with Crippen LogP contribution in [0.3, 0.4) is 0 Å². The second-order valence-corrected chi connectivity index (χ2v) is 12.9. The molecule has 0 bridgehead atoms. The fourth-order valence-corrected chi connectivity index (χ4v) is 8.66. The van der Waals surface area contributed by atoms with Crippen LogP contribution in [0.1, 0.15) is 26.1 Å². The molecule has 0 saturated carbocycles. The van der Waals surface area contributed by atoms with Crippen molar-refractivity contribution in [2.75, 3.05) is 0 Å². The van der Waals surface area contributed by atoms with E-state index in [2.05, 4.69) is 0 Å². The Morgan fingerprint density at radius 3 is 1.19 bits per heavy atom. The first-order valence-corrected chi connectivity index (χ1v) is 14.0. The summed E-state index contributed by atoms with van der Waals surface area (Å²) in [6, 6.07) is 0. The molecule has 0 heterocycles. The van der Waals surface area contributed by atoms with Gasteiger partial charge in [-0.2, -0.15) is 42.1 Å². The van der Waals surface area contributed by atoms with E-state index in [0.717, 1.165) is 0 Å². The summed E-state index contributed by atoms with van der Waals surface area (Å²) in [6.45, 7) is 0.233. The molecule has 22 heteroatoms. The van der Waals surface area contributed by atoms with E-state index in [-0.39, 0.29) is 6.92 Å². The molecule has 0 atom stereocenters. The molecule has 1 aromatic carbocycles. The van der Waals surface area contributed by atoms with Gasteiger partial charge in [0, 0.05) is 5.56 Å². The smallest absolute Gasteiger partial charge is 0.337 e. The Morgan fingerprint density at radius 2 is 0.968 bits per heavy atom. The quantitative estimate of drug-likeness (QED) is 0.204. The Labute approximate surface area is 174 Å². The molecule has 0 radical (unpaired) electrons. The van der Waals surface area contributed by atoms with Crippen LogP contribution in [-0.2, 0) is 50.6 Å². The molecule has 0 amide bonds. The summed E-state index contributed by atoms with van der Waals surface area (Å²) in [5.74, 6) is -2.74. The van der Waals surface area contributed by atoms with E-state index in [1.165, 1.54) is 0 Å². The first-order valence-electron chi connectivity index (χ1n) is 6.63. The van der Waals surface area contributed by atoms with Crippen molar-refractivity contribution in [1.29, 1.82) is 0 Å².